The lowest BCUT2D eigenvalue weighted by Crippen LogP contribution is -2.41. The Labute approximate surface area is 87.7 Å². The molecule has 1 heterocycles. The second-order valence-corrected chi connectivity index (χ2v) is 3.54. The second-order valence-electron chi connectivity index (χ2n) is 3.54. The van der Waals surface area contributed by atoms with Gasteiger partial charge in [0.2, 0.25) is 0 Å². The average molecular weight is 206 g/mol. The maximum absolute atomic E-state index is 5.86. The Bertz CT molecular complexity index is 384. The number of anilines is 1. The van der Waals surface area contributed by atoms with Gasteiger partial charge in [0, 0.05) is 6.04 Å². The van der Waals surface area contributed by atoms with Crippen molar-refractivity contribution in [1.82, 2.24) is 9.99 Å². The number of pyridine rings is 1. The predicted octanol–water partition coefficient (Wildman–Crippen LogP) is -0.378. The minimum atomic E-state index is 0.329. The maximum atomic E-state index is 5.86. The molecule has 6 N–H and O–H groups in total. The summed E-state index contributed by atoms with van der Waals surface area (Å²) in [5, 5.41) is 5.22. The third kappa shape index (κ3) is 1.99. The van der Waals surface area contributed by atoms with Gasteiger partial charge >= 0.3 is 0 Å². The van der Waals surface area contributed by atoms with Gasteiger partial charge in [0.15, 0.2) is 5.84 Å². The molecule has 0 atom stereocenters. The van der Waals surface area contributed by atoms with Gasteiger partial charge in [-0.05, 0) is 25.0 Å². The first-order valence-corrected chi connectivity index (χ1v) is 4.77. The molecule has 1 aromatic heterocycles. The standard InChI is InChI=1S/C9H14N6/c10-8-3-1-2-7(13-8)9(14-11)15(12)6-4-5-6/h1-3,6H,4-5,11-12H2,(H2,10,13)/b14-9-. The smallest absolute Gasteiger partial charge is 0.188 e. The van der Waals surface area contributed by atoms with Crippen molar-refractivity contribution in [2.75, 3.05) is 5.73 Å². The number of amidine groups is 1. The van der Waals surface area contributed by atoms with Crippen molar-refractivity contribution < 1.29 is 0 Å². The molecule has 6 nitrogen and oxygen atoms in total. The number of nitrogens with zero attached hydrogens (tertiary/aromatic N) is 3. The minimum Gasteiger partial charge on any atom is -0.384 e. The summed E-state index contributed by atoms with van der Waals surface area (Å²) in [6.07, 6.45) is 2.13. The Morgan fingerprint density at radius 3 is 2.73 bits per heavy atom. The predicted molar refractivity (Wildman–Crippen MR) is 58.4 cm³/mol. The summed E-state index contributed by atoms with van der Waals surface area (Å²) in [5.74, 6) is 12.1. The highest BCUT2D eigenvalue weighted by molar-refractivity contribution is 5.97. The van der Waals surface area contributed by atoms with Gasteiger partial charge in [0.05, 0.1) is 0 Å². The van der Waals surface area contributed by atoms with Gasteiger partial charge in [-0.3, -0.25) is 5.01 Å². The zero-order valence-electron chi connectivity index (χ0n) is 8.30. The van der Waals surface area contributed by atoms with Gasteiger partial charge in [0.1, 0.15) is 11.5 Å². The number of nitrogens with two attached hydrogens (primary N) is 3. The zero-order chi connectivity index (χ0) is 10.8. The molecule has 0 unspecified atom stereocenters. The molecule has 0 spiro atoms. The summed E-state index contributed by atoms with van der Waals surface area (Å²) in [5.41, 5.74) is 6.18. The fourth-order valence-electron chi connectivity index (χ4n) is 1.37. The van der Waals surface area contributed by atoms with Crippen LogP contribution in [0.2, 0.25) is 0 Å². The molecule has 0 aromatic carbocycles. The van der Waals surface area contributed by atoms with Crippen LogP contribution in [0.25, 0.3) is 0 Å². The summed E-state index contributed by atoms with van der Waals surface area (Å²) < 4.78 is 0. The van der Waals surface area contributed by atoms with Crippen molar-refractivity contribution in [3.8, 4) is 0 Å². The van der Waals surface area contributed by atoms with Crippen LogP contribution in [0.15, 0.2) is 23.3 Å². The summed E-state index contributed by atoms with van der Waals surface area (Å²) >= 11 is 0. The third-order valence-electron chi connectivity index (χ3n) is 2.31. The maximum Gasteiger partial charge on any atom is 0.188 e. The number of rotatable bonds is 2. The summed E-state index contributed by atoms with van der Waals surface area (Å²) in [6.45, 7) is 0. The highest BCUT2D eigenvalue weighted by atomic mass is 15.5. The number of aromatic nitrogens is 1. The Morgan fingerprint density at radius 2 is 2.20 bits per heavy atom. The first-order valence-electron chi connectivity index (χ1n) is 4.77. The molecule has 1 aromatic rings. The van der Waals surface area contributed by atoms with E-state index in [1.807, 2.05) is 0 Å². The van der Waals surface area contributed by atoms with Crippen LogP contribution in [-0.4, -0.2) is 21.9 Å². The van der Waals surface area contributed by atoms with Crippen LogP contribution in [0.4, 0.5) is 5.82 Å². The highest BCUT2D eigenvalue weighted by Crippen LogP contribution is 2.25. The Morgan fingerprint density at radius 1 is 1.47 bits per heavy atom. The Hall–Kier alpha value is -1.82. The van der Waals surface area contributed by atoms with E-state index in [9.17, 15) is 0 Å². The molecule has 1 aliphatic carbocycles. The largest absolute Gasteiger partial charge is 0.384 e. The van der Waals surface area contributed by atoms with Crippen LogP contribution in [0.5, 0.6) is 0 Å². The summed E-state index contributed by atoms with van der Waals surface area (Å²) in [6, 6.07) is 5.61. The average Bonchev–Trinajstić information content (AvgIpc) is 3.02. The lowest BCUT2D eigenvalue weighted by molar-refractivity contribution is 0.428. The molecule has 0 radical (unpaired) electrons. The fraction of sp³-hybridized carbons (Fsp3) is 0.333. The first-order chi connectivity index (χ1) is 7.22. The van der Waals surface area contributed by atoms with Crippen molar-refractivity contribution in [1.29, 1.82) is 0 Å². The molecule has 0 amide bonds. The van der Waals surface area contributed by atoms with Gasteiger partial charge in [0.25, 0.3) is 0 Å². The molecule has 0 bridgehead atoms. The lowest BCUT2D eigenvalue weighted by Gasteiger charge is -2.18. The number of hydrazone groups is 1. The van der Waals surface area contributed by atoms with E-state index in [1.54, 1.807) is 23.2 Å². The number of hydrogen-bond donors (Lipinski definition) is 3. The SMILES string of the molecule is N/N=C(/c1cccc(N)n1)N(N)C1CC1. The van der Waals surface area contributed by atoms with Gasteiger partial charge in [-0.25, -0.2) is 10.8 Å². The van der Waals surface area contributed by atoms with E-state index in [2.05, 4.69) is 10.1 Å². The molecule has 1 fully saturated rings. The van der Waals surface area contributed by atoms with Gasteiger partial charge in [-0.2, -0.15) is 5.10 Å². The lowest BCUT2D eigenvalue weighted by atomic mass is 10.3. The van der Waals surface area contributed by atoms with Crippen molar-refractivity contribution in [2.45, 2.75) is 18.9 Å². The molecular weight excluding hydrogens is 192 g/mol. The monoisotopic (exact) mass is 206 g/mol. The van der Waals surface area contributed by atoms with E-state index in [0.29, 0.717) is 23.4 Å². The fourth-order valence-corrected chi connectivity index (χ4v) is 1.37. The van der Waals surface area contributed by atoms with Gasteiger partial charge < -0.3 is 11.6 Å². The topological polar surface area (TPSA) is 107 Å². The van der Waals surface area contributed by atoms with Crippen LogP contribution >= 0.6 is 0 Å². The summed E-state index contributed by atoms with van der Waals surface area (Å²) in [7, 11) is 0. The van der Waals surface area contributed by atoms with Crippen molar-refractivity contribution >= 4 is 11.7 Å². The quantitative estimate of drug-likeness (QED) is 0.265. The molecule has 0 saturated heterocycles. The van der Waals surface area contributed by atoms with E-state index in [4.69, 9.17) is 17.4 Å². The van der Waals surface area contributed by atoms with Crippen molar-refractivity contribution in [2.24, 2.45) is 16.8 Å². The van der Waals surface area contributed by atoms with Crippen LogP contribution < -0.4 is 17.4 Å². The number of hydrogen-bond acceptors (Lipinski definition) is 5. The third-order valence-corrected chi connectivity index (χ3v) is 2.31. The Balaban J connectivity index is 2.26. The molecule has 2 rings (SSSR count). The van der Waals surface area contributed by atoms with Gasteiger partial charge in [-0.15, -0.1) is 0 Å². The van der Waals surface area contributed by atoms with E-state index in [0.717, 1.165) is 12.8 Å². The highest BCUT2D eigenvalue weighted by Gasteiger charge is 2.30. The van der Waals surface area contributed by atoms with Crippen molar-refractivity contribution in [3.63, 3.8) is 0 Å². The number of nitrogen functional groups attached to an aromatic ring is 1. The molecule has 6 heteroatoms. The van der Waals surface area contributed by atoms with Crippen LogP contribution in [0, 0.1) is 0 Å². The molecule has 0 aliphatic heterocycles. The number of hydrazine groups is 1. The molecule has 1 aliphatic rings. The Kier molecular flexibility index (Phi) is 2.42. The molecule has 80 valence electrons. The van der Waals surface area contributed by atoms with E-state index < -0.39 is 0 Å². The molecular formula is C9H14N6. The normalized spacial score (nSPS) is 16.5. The van der Waals surface area contributed by atoms with E-state index >= 15 is 0 Å². The zero-order valence-corrected chi connectivity index (χ0v) is 8.30. The second kappa shape index (κ2) is 3.74. The summed E-state index contributed by atoms with van der Waals surface area (Å²) in [4.78, 5) is 4.12. The molecule has 15 heavy (non-hydrogen) atoms. The van der Waals surface area contributed by atoms with E-state index in [-0.39, 0.29) is 0 Å². The van der Waals surface area contributed by atoms with Crippen molar-refractivity contribution in [3.05, 3.63) is 23.9 Å². The van der Waals surface area contributed by atoms with E-state index in [1.165, 1.54) is 0 Å². The van der Waals surface area contributed by atoms with Crippen LogP contribution in [-0.2, 0) is 0 Å². The van der Waals surface area contributed by atoms with Crippen LogP contribution in [0.1, 0.15) is 18.5 Å². The van der Waals surface area contributed by atoms with Crippen LogP contribution in [0.3, 0.4) is 0 Å². The first kappa shape index (κ1) is 9.72. The molecule has 1 saturated carbocycles. The minimum absolute atomic E-state index is 0.329. The van der Waals surface area contributed by atoms with Gasteiger partial charge in [-0.1, -0.05) is 6.07 Å².